The van der Waals surface area contributed by atoms with Gasteiger partial charge in [0.25, 0.3) is 0 Å². The molecule has 9 heteroatoms. The van der Waals surface area contributed by atoms with Crippen molar-refractivity contribution in [1.29, 1.82) is 0 Å². The van der Waals surface area contributed by atoms with Crippen LogP contribution in [-0.4, -0.2) is 16.4 Å². The first kappa shape index (κ1) is 16.6. The molecule has 1 atom stereocenters. The number of nitrogens with two attached hydrogens (primary N) is 1. The van der Waals surface area contributed by atoms with Crippen molar-refractivity contribution in [3.05, 3.63) is 63.7 Å². The number of nitro groups is 1. The Bertz CT molecular complexity index is 717. The van der Waals surface area contributed by atoms with E-state index in [1.807, 2.05) is 0 Å². The van der Waals surface area contributed by atoms with Crippen molar-refractivity contribution in [2.45, 2.75) is 12.4 Å². The fourth-order valence-corrected chi connectivity index (χ4v) is 1.95. The highest BCUT2D eigenvalue weighted by molar-refractivity contribution is 5.49. The Morgan fingerprint density at radius 2 is 1.70 bits per heavy atom. The SMILES string of the molecule is N[C@H](c1ccc(OC(F)(F)F)cc1)c1ccc(O)c([N+](=O)[O-])c1. The van der Waals surface area contributed by atoms with Gasteiger partial charge in [0.15, 0.2) is 5.75 Å². The van der Waals surface area contributed by atoms with E-state index in [1.165, 1.54) is 18.2 Å². The fourth-order valence-electron chi connectivity index (χ4n) is 1.95. The molecule has 0 aliphatic carbocycles. The van der Waals surface area contributed by atoms with E-state index in [0.29, 0.717) is 11.1 Å². The second kappa shape index (κ2) is 6.13. The van der Waals surface area contributed by atoms with E-state index in [4.69, 9.17) is 5.73 Å². The van der Waals surface area contributed by atoms with E-state index in [0.717, 1.165) is 24.3 Å². The smallest absolute Gasteiger partial charge is 0.502 e. The molecule has 0 saturated carbocycles. The molecule has 0 unspecified atom stereocenters. The highest BCUT2D eigenvalue weighted by Crippen LogP contribution is 2.31. The van der Waals surface area contributed by atoms with Gasteiger partial charge in [-0.05, 0) is 29.3 Å². The van der Waals surface area contributed by atoms with Gasteiger partial charge in [0.1, 0.15) is 5.75 Å². The van der Waals surface area contributed by atoms with Crippen LogP contribution in [0, 0.1) is 10.1 Å². The number of rotatable bonds is 4. The number of ether oxygens (including phenoxy) is 1. The van der Waals surface area contributed by atoms with Gasteiger partial charge in [-0.1, -0.05) is 18.2 Å². The molecule has 2 aromatic rings. The summed E-state index contributed by atoms with van der Waals surface area (Å²) in [5, 5.41) is 20.2. The minimum Gasteiger partial charge on any atom is -0.502 e. The molecule has 2 rings (SSSR count). The molecule has 0 fully saturated rings. The van der Waals surface area contributed by atoms with Gasteiger partial charge in [-0.2, -0.15) is 0 Å². The molecule has 0 heterocycles. The first-order valence-electron chi connectivity index (χ1n) is 6.26. The van der Waals surface area contributed by atoms with Crippen molar-refractivity contribution in [1.82, 2.24) is 0 Å². The van der Waals surface area contributed by atoms with Crippen molar-refractivity contribution in [3.63, 3.8) is 0 Å². The van der Waals surface area contributed by atoms with Crippen molar-refractivity contribution in [2.24, 2.45) is 5.73 Å². The van der Waals surface area contributed by atoms with Crippen LogP contribution in [0.15, 0.2) is 42.5 Å². The van der Waals surface area contributed by atoms with Crippen molar-refractivity contribution >= 4 is 5.69 Å². The summed E-state index contributed by atoms with van der Waals surface area (Å²) in [6.45, 7) is 0. The fraction of sp³-hybridized carbons (Fsp3) is 0.143. The minimum atomic E-state index is -4.79. The molecular formula is C14H11F3N2O4. The number of nitro benzene ring substituents is 1. The molecule has 23 heavy (non-hydrogen) atoms. The summed E-state index contributed by atoms with van der Waals surface area (Å²) < 4.78 is 40.0. The number of alkyl halides is 3. The lowest BCUT2D eigenvalue weighted by molar-refractivity contribution is -0.385. The zero-order valence-electron chi connectivity index (χ0n) is 11.4. The molecule has 2 aromatic carbocycles. The lowest BCUT2D eigenvalue weighted by atomic mass is 9.99. The predicted molar refractivity (Wildman–Crippen MR) is 73.9 cm³/mol. The first-order valence-corrected chi connectivity index (χ1v) is 6.26. The molecule has 0 saturated heterocycles. The molecule has 3 N–H and O–H groups in total. The average molecular weight is 328 g/mol. The normalized spacial score (nSPS) is 12.7. The van der Waals surface area contributed by atoms with Gasteiger partial charge in [-0.3, -0.25) is 10.1 Å². The van der Waals surface area contributed by atoms with E-state index in [9.17, 15) is 28.4 Å². The number of halogens is 3. The van der Waals surface area contributed by atoms with Gasteiger partial charge in [0, 0.05) is 6.07 Å². The molecule has 0 aliphatic rings. The number of nitrogens with zero attached hydrogens (tertiary/aromatic N) is 1. The zero-order valence-corrected chi connectivity index (χ0v) is 11.4. The van der Waals surface area contributed by atoms with Crippen LogP contribution < -0.4 is 10.5 Å². The van der Waals surface area contributed by atoms with E-state index in [1.54, 1.807) is 0 Å². The van der Waals surface area contributed by atoms with Crippen molar-refractivity contribution in [2.75, 3.05) is 0 Å². The predicted octanol–water partition coefficient (Wildman–Crippen LogP) is 3.25. The average Bonchev–Trinajstić information content (AvgIpc) is 2.46. The topological polar surface area (TPSA) is 98.6 Å². The second-order valence-corrected chi connectivity index (χ2v) is 4.60. The van der Waals surface area contributed by atoms with Gasteiger partial charge >= 0.3 is 12.0 Å². The maximum Gasteiger partial charge on any atom is 0.573 e. The third-order valence-corrected chi connectivity index (χ3v) is 3.03. The first-order chi connectivity index (χ1) is 10.7. The van der Waals surface area contributed by atoms with Gasteiger partial charge in [-0.25, -0.2) is 0 Å². The summed E-state index contributed by atoms with van der Waals surface area (Å²) in [7, 11) is 0. The van der Waals surface area contributed by atoms with Crippen LogP contribution in [-0.2, 0) is 0 Å². The lowest BCUT2D eigenvalue weighted by Gasteiger charge is -2.14. The number of phenolic OH excluding ortho intramolecular Hbond substituents is 1. The number of benzene rings is 2. The molecular weight excluding hydrogens is 317 g/mol. The van der Waals surface area contributed by atoms with Crippen LogP contribution in [0.5, 0.6) is 11.5 Å². The van der Waals surface area contributed by atoms with Crippen LogP contribution in [0.2, 0.25) is 0 Å². The Balaban J connectivity index is 2.25. The monoisotopic (exact) mass is 328 g/mol. The second-order valence-electron chi connectivity index (χ2n) is 4.60. The summed E-state index contributed by atoms with van der Waals surface area (Å²) in [5.41, 5.74) is 6.20. The van der Waals surface area contributed by atoms with Crippen LogP contribution in [0.25, 0.3) is 0 Å². The van der Waals surface area contributed by atoms with Gasteiger partial charge in [-0.15, -0.1) is 13.2 Å². The van der Waals surface area contributed by atoms with Crippen LogP contribution in [0.1, 0.15) is 17.2 Å². The van der Waals surface area contributed by atoms with Crippen molar-refractivity contribution in [3.8, 4) is 11.5 Å². The molecule has 0 amide bonds. The quantitative estimate of drug-likeness (QED) is 0.663. The molecule has 0 aromatic heterocycles. The van der Waals surface area contributed by atoms with E-state index >= 15 is 0 Å². The standard InChI is InChI=1S/C14H11F3N2O4/c15-14(16,17)23-10-4-1-8(2-5-10)13(18)9-3-6-12(20)11(7-9)19(21)22/h1-7,13,20H,18H2/t13-/m1/s1. The Morgan fingerprint density at radius 1 is 1.13 bits per heavy atom. The maximum atomic E-state index is 12.1. The summed E-state index contributed by atoms with van der Waals surface area (Å²) >= 11 is 0. The largest absolute Gasteiger partial charge is 0.573 e. The van der Waals surface area contributed by atoms with E-state index in [2.05, 4.69) is 4.74 Å². The lowest BCUT2D eigenvalue weighted by Crippen LogP contribution is -2.17. The maximum absolute atomic E-state index is 12.1. The number of hydrogen-bond acceptors (Lipinski definition) is 5. The Morgan fingerprint density at radius 3 is 2.22 bits per heavy atom. The third kappa shape index (κ3) is 4.10. The molecule has 0 spiro atoms. The van der Waals surface area contributed by atoms with Gasteiger partial charge < -0.3 is 15.6 Å². The summed E-state index contributed by atoms with van der Waals surface area (Å²) in [5.74, 6) is -0.898. The van der Waals surface area contributed by atoms with E-state index in [-0.39, 0.29) is 0 Å². The summed E-state index contributed by atoms with van der Waals surface area (Å²) in [6, 6.07) is 7.67. The van der Waals surface area contributed by atoms with E-state index < -0.39 is 34.5 Å². The molecule has 122 valence electrons. The number of phenols is 1. The minimum absolute atomic E-state index is 0.332. The number of hydrogen-bond donors (Lipinski definition) is 2. The summed E-state index contributed by atoms with van der Waals surface area (Å²) in [6.07, 6.45) is -4.79. The highest BCUT2D eigenvalue weighted by Gasteiger charge is 2.31. The van der Waals surface area contributed by atoms with Gasteiger partial charge in [0.2, 0.25) is 0 Å². The number of aromatic hydroxyl groups is 1. The Labute approximate surface area is 128 Å². The van der Waals surface area contributed by atoms with Crippen molar-refractivity contribution < 1.29 is 27.9 Å². The van der Waals surface area contributed by atoms with Crippen LogP contribution in [0.3, 0.4) is 0 Å². The van der Waals surface area contributed by atoms with Gasteiger partial charge in [0.05, 0.1) is 11.0 Å². The van der Waals surface area contributed by atoms with Crippen LogP contribution >= 0.6 is 0 Å². The third-order valence-electron chi connectivity index (χ3n) is 3.03. The Kier molecular flexibility index (Phi) is 4.41. The van der Waals surface area contributed by atoms with Crippen LogP contribution in [0.4, 0.5) is 18.9 Å². The molecule has 0 bridgehead atoms. The molecule has 6 nitrogen and oxygen atoms in total. The molecule has 0 radical (unpaired) electrons. The summed E-state index contributed by atoms with van der Waals surface area (Å²) in [4.78, 5) is 10.0. The highest BCUT2D eigenvalue weighted by atomic mass is 19.4. The Hall–Kier alpha value is -2.81. The zero-order chi connectivity index (χ0) is 17.2. The molecule has 0 aliphatic heterocycles.